The smallest absolute Gasteiger partial charge is 0.335 e. The number of carbonyl (C=O) groups excluding carboxylic acids is 3. The molecule has 1 aliphatic heterocycles. The molecule has 0 radical (unpaired) electrons. The molecular weight excluding hydrogens is 973 g/mol. The van der Waals surface area contributed by atoms with Gasteiger partial charge in [0.05, 0.1) is 6.61 Å². The van der Waals surface area contributed by atoms with Gasteiger partial charge in [0, 0.05) is 19.3 Å². The molecule has 0 aromatic carbocycles. The van der Waals surface area contributed by atoms with Crippen LogP contribution in [0.25, 0.3) is 0 Å². The van der Waals surface area contributed by atoms with Crippen molar-refractivity contribution >= 4 is 23.9 Å². The van der Waals surface area contributed by atoms with E-state index in [1.807, 2.05) is 24.3 Å². The second-order valence-corrected chi connectivity index (χ2v) is 18.8. The lowest BCUT2D eigenvalue weighted by Gasteiger charge is -2.40. The van der Waals surface area contributed by atoms with Gasteiger partial charge in [-0.2, -0.15) is 0 Å². The molecule has 1 rings (SSSR count). The van der Waals surface area contributed by atoms with E-state index >= 15 is 0 Å². The van der Waals surface area contributed by atoms with Gasteiger partial charge in [-0.15, -0.1) is 0 Å². The van der Waals surface area contributed by atoms with E-state index in [1.54, 1.807) is 0 Å². The molecule has 1 heterocycles. The average Bonchev–Trinajstić information content (AvgIpc) is 3.42. The van der Waals surface area contributed by atoms with Gasteiger partial charge < -0.3 is 39.0 Å². The summed E-state index contributed by atoms with van der Waals surface area (Å²) in [5, 5.41) is 31.4. The van der Waals surface area contributed by atoms with E-state index in [2.05, 4.69) is 142 Å². The summed E-state index contributed by atoms with van der Waals surface area (Å²) in [5.41, 5.74) is 0. The molecule has 0 amide bonds. The number of carboxylic acids is 1. The van der Waals surface area contributed by atoms with E-state index in [9.17, 15) is 34.5 Å². The zero-order valence-electron chi connectivity index (χ0n) is 47.1. The Morgan fingerprint density at radius 2 is 0.818 bits per heavy atom. The summed E-state index contributed by atoms with van der Waals surface area (Å²) >= 11 is 0. The number of rotatable bonds is 46. The Bertz CT molecular complexity index is 1890. The maximum Gasteiger partial charge on any atom is 0.335 e. The summed E-state index contributed by atoms with van der Waals surface area (Å²) in [6.45, 7) is 5.57. The van der Waals surface area contributed by atoms with Gasteiger partial charge in [0.15, 0.2) is 24.6 Å². The first-order valence-electron chi connectivity index (χ1n) is 28.8. The monoisotopic (exact) mass is 1070 g/mol. The van der Waals surface area contributed by atoms with Crippen molar-refractivity contribution in [3.63, 3.8) is 0 Å². The molecule has 0 aromatic rings. The van der Waals surface area contributed by atoms with Gasteiger partial charge in [0.2, 0.25) is 0 Å². The number of allylic oxidation sites excluding steroid dienone is 24. The molecule has 6 unspecified atom stereocenters. The van der Waals surface area contributed by atoms with Crippen molar-refractivity contribution in [1.82, 2.24) is 0 Å². The first-order valence-corrected chi connectivity index (χ1v) is 28.8. The molecule has 1 aliphatic rings. The maximum absolute atomic E-state index is 13.1. The number of esters is 3. The largest absolute Gasteiger partial charge is 0.479 e. The molecule has 0 aromatic heterocycles. The van der Waals surface area contributed by atoms with Crippen molar-refractivity contribution in [2.45, 2.75) is 225 Å². The summed E-state index contributed by atoms with van der Waals surface area (Å²) in [7, 11) is 0. The van der Waals surface area contributed by atoms with Gasteiger partial charge in [-0.3, -0.25) is 14.4 Å². The number of aliphatic carboxylic acids is 1. The van der Waals surface area contributed by atoms with E-state index < -0.39 is 73.9 Å². The minimum Gasteiger partial charge on any atom is -0.479 e. The fraction of sp³-hybridized carbons (Fsp3) is 0.569. The third kappa shape index (κ3) is 41.4. The van der Waals surface area contributed by atoms with Crippen LogP contribution in [0.5, 0.6) is 0 Å². The highest BCUT2D eigenvalue weighted by molar-refractivity contribution is 5.74. The lowest BCUT2D eigenvalue weighted by Crippen LogP contribution is -2.61. The molecule has 1 fully saturated rings. The quantitative estimate of drug-likeness (QED) is 0.0228. The zero-order chi connectivity index (χ0) is 56.1. The van der Waals surface area contributed by atoms with Crippen LogP contribution in [0, 0.1) is 0 Å². The number of hydrogen-bond acceptors (Lipinski definition) is 11. The molecule has 1 saturated heterocycles. The van der Waals surface area contributed by atoms with Gasteiger partial charge in [0.25, 0.3) is 0 Å². The van der Waals surface area contributed by atoms with Crippen LogP contribution in [0.2, 0.25) is 0 Å². The maximum atomic E-state index is 13.1. The molecule has 0 aliphatic carbocycles. The van der Waals surface area contributed by atoms with Crippen LogP contribution in [-0.2, 0) is 42.9 Å². The Hall–Kier alpha value is -5.40. The number of aliphatic hydroxyl groups is 2. The second-order valence-electron chi connectivity index (χ2n) is 18.8. The SMILES string of the molecule is CC/C=C\C/C=C\C/C=C\C/C=C\C/C=C\C/C=C\CCC(=O)OCC(COC1OC(C(=O)O)C(O)C(O)C1OC(=O)CCCCCCCCCCC)OC(=O)CC/C=C\C/C=C\C/C=C\C/C=C\C/C=C\C/C=C\CC. The van der Waals surface area contributed by atoms with Gasteiger partial charge >= 0.3 is 23.9 Å². The van der Waals surface area contributed by atoms with Gasteiger partial charge in [0.1, 0.15) is 18.8 Å². The topological polar surface area (TPSA) is 175 Å². The molecular formula is C65H98O12. The van der Waals surface area contributed by atoms with Crippen LogP contribution in [0.3, 0.4) is 0 Å². The Labute approximate surface area is 463 Å². The van der Waals surface area contributed by atoms with E-state index in [0.29, 0.717) is 32.1 Å². The molecule has 0 spiro atoms. The fourth-order valence-corrected chi connectivity index (χ4v) is 7.59. The molecule has 6 atom stereocenters. The van der Waals surface area contributed by atoms with Crippen LogP contribution >= 0.6 is 0 Å². The Morgan fingerprint density at radius 1 is 0.442 bits per heavy atom. The lowest BCUT2D eigenvalue weighted by molar-refractivity contribution is -0.301. The van der Waals surface area contributed by atoms with Crippen LogP contribution in [0.1, 0.15) is 188 Å². The Morgan fingerprint density at radius 3 is 1.22 bits per heavy atom. The summed E-state index contributed by atoms with van der Waals surface area (Å²) in [4.78, 5) is 50.9. The van der Waals surface area contributed by atoms with Crippen LogP contribution in [-0.4, -0.2) is 89.2 Å². The molecule has 430 valence electrons. The van der Waals surface area contributed by atoms with Crippen molar-refractivity contribution < 1.29 is 58.2 Å². The molecule has 0 saturated carbocycles. The van der Waals surface area contributed by atoms with Crippen LogP contribution in [0.15, 0.2) is 146 Å². The Kier molecular flexibility index (Phi) is 46.4. The molecule has 3 N–H and O–H groups in total. The van der Waals surface area contributed by atoms with Crippen molar-refractivity contribution in [1.29, 1.82) is 0 Å². The fourth-order valence-electron chi connectivity index (χ4n) is 7.59. The van der Waals surface area contributed by atoms with Crippen LogP contribution in [0.4, 0.5) is 0 Å². The van der Waals surface area contributed by atoms with Crippen molar-refractivity contribution in [3.8, 4) is 0 Å². The predicted molar refractivity (Wildman–Crippen MR) is 312 cm³/mol. The van der Waals surface area contributed by atoms with Crippen LogP contribution < -0.4 is 0 Å². The van der Waals surface area contributed by atoms with E-state index in [-0.39, 0.29) is 19.3 Å². The first-order chi connectivity index (χ1) is 37.6. The number of aliphatic hydroxyl groups excluding tert-OH is 2. The molecule has 12 heteroatoms. The first kappa shape index (κ1) is 69.6. The van der Waals surface area contributed by atoms with E-state index in [1.165, 1.54) is 25.7 Å². The number of ether oxygens (including phenoxy) is 5. The third-order valence-corrected chi connectivity index (χ3v) is 11.9. The summed E-state index contributed by atoms with van der Waals surface area (Å²) in [5.74, 6) is -3.37. The number of unbranched alkanes of at least 4 members (excludes halogenated alkanes) is 8. The van der Waals surface area contributed by atoms with Crippen molar-refractivity contribution in [3.05, 3.63) is 146 Å². The third-order valence-electron chi connectivity index (χ3n) is 11.9. The minimum absolute atomic E-state index is 0.0142. The minimum atomic E-state index is -1.93. The highest BCUT2D eigenvalue weighted by Crippen LogP contribution is 2.26. The van der Waals surface area contributed by atoms with Gasteiger partial charge in [-0.1, -0.05) is 218 Å². The molecule has 12 nitrogen and oxygen atoms in total. The predicted octanol–water partition coefficient (Wildman–Crippen LogP) is 14.8. The van der Waals surface area contributed by atoms with Gasteiger partial charge in [-0.25, -0.2) is 4.79 Å². The Balaban J connectivity index is 2.79. The zero-order valence-corrected chi connectivity index (χ0v) is 47.1. The standard InChI is InChI=1S/C65H98O12/c1-4-7-10-13-16-19-21-23-25-27-29-31-33-35-37-40-42-45-48-51-57(66)73-54-56(75-58(67)52-49-46-44-41-38-36-34-32-30-28-26-24-22-20-17-14-11-8-5-2)55-74-65-63(61(70)60(69)62(77-65)64(71)72)76-59(68)53-50-47-43-39-18-15-12-9-6-3/h7-8,10-11,16-17,19-20,23-26,29-32,35-38,42,44-46,56,60-63,65,69-70H,4-6,9,12-15,18,21-22,27-28,33-34,39-41,43,47-55H2,1-3H3,(H,71,72)/b10-7-,11-8-,19-16-,20-17-,25-23-,26-24-,31-29-,32-30-,37-35-,38-36-,45-42-,46-44-. The average molecular weight is 1070 g/mol. The molecule has 77 heavy (non-hydrogen) atoms. The number of hydrogen-bond donors (Lipinski definition) is 3. The lowest BCUT2D eigenvalue weighted by atomic mass is 9.98. The second kappa shape index (κ2) is 51.4. The number of carbonyl (C=O) groups is 4. The summed E-state index contributed by atoms with van der Waals surface area (Å²) < 4.78 is 28.2. The van der Waals surface area contributed by atoms with Crippen molar-refractivity contribution in [2.75, 3.05) is 13.2 Å². The summed E-state index contributed by atoms with van der Waals surface area (Å²) in [6, 6.07) is 0. The highest BCUT2D eigenvalue weighted by Gasteiger charge is 2.50. The summed E-state index contributed by atoms with van der Waals surface area (Å²) in [6.07, 6.45) is 61.5. The van der Waals surface area contributed by atoms with Gasteiger partial charge in [-0.05, 0) is 96.3 Å². The van der Waals surface area contributed by atoms with E-state index in [0.717, 1.165) is 89.9 Å². The van der Waals surface area contributed by atoms with E-state index in [4.69, 9.17) is 23.7 Å². The number of carboxylic acid groups (broad SMARTS) is 1. The molecule has 0 bridgehead atoms. The highest BCUT2D eigenvalue weighted by atomic mass is 16.7. The van der Waals surface area contributed by atoms with Crippen molar-refractivity contribution in [2.24, 2.45) is 0 Å². The normalized spacial score (nSPS) is 19.1.